The number of anilines is 1. The molecule has 2 aliphatic heterocycles. The van der Waals surface area contributed by atoms with Gasteiger partial charge >= 0.3 is 0 Å². The standard InChI is InChI=1S/C20H29N5O/c1-2-3-11-24-15-22(14-10-19(26)23-12-6-7-13-23)16-25-18-9-5-4-8-17(18)21-20(24)25/h4-5,8-9H,2-3,6-7,10-16H2,1H3. The topological polar surface area (TPSA) is 44.6 Å². The molecule has 1 saturated heterocycles. The first-order valence-corrected chi connectivity index (χ1v) is 9.96. The zero-order chi connectivity index (χ0) is 17.9. The predicted molar refractivity (Wildman–Crippen MR) is 104 cm³/mol. The van der Waals surface area contributed by atoms with Gasteiger partial charge in [-0.3, -0.25) is 14.3 Å². The molecule has 2 aliphatic rings. The molecule has 26 heavy (non-hydrogen) atoms. The van der Waals surface area contributed by atoms with E-state index in [9.17, 15) is 4.79 Å². The van der Waals surface area contributed by atoms with Crippen molar-refractivity contribution in [2.24, 2.45) is 0 Å². The average molecular weight is 355 g/mol. The molecule has 6 nitrogen and oxygen atoms in total. The molecule has 4 rings (SSSR count). The molecule has 6 heteroatoms. The molecule has 0 spiro atoms. The van der Waals surface area contributed by atoms with E-state index in [1.165, 1.54) is 11.9 Å². The van der Waals surface area contributed by atoms with Crippen molar-refractivity contribution in [1.29, 1.82) is 0 Å². The molecule has 1 aromatic heterocycles. The van der Waals surface area contributed by atoms with Crippen LogP contribution in [0.2, 0.25) is 0 Å². The number of imidazole rings is 1. The molecule has 3 heterocycles. The molecule has 0 unspecified atom stereocenters. The van der Waals surface area contributed by atoms with Crippen LogP contribution < -0.4 is 4.90 Å². The molecule has 1 aromatic carbocycles. The van der Waals surface area contributed by atoms with E-state index in [2.05, 4.69) is 39.5 Å². The first-order valence-electron chi connectivity index (χ1n) is 9.96. The second-order valence-corrected chi connectivity index (χ2v) is 7.46. The van der Waals surface area contributed by atoms with Crippen molar-refractivity contribution in [2.45, 2.75) is 45.7 Å². The molecule has 1 fully saturated rings. The van der Waals surface area contributed by atoms with Crippen molar-refractivity contribution in [2.75, 3.05) is 37.7 Å². The smallest absolute Gasteiger partial charge is 0.223 e. The summed E-state index contributed by atoms with van der Waals surface area (Å²) < 4.78 is 2.30. The number of amides is 1. The van der Waals surface area contributed by atoms with Gasteiger partial charge in [-0.25, -0.2) is 4.98 Å². The number of hydrogen-bond donors (Lipinski definition) is 0. The van der Waals surface area contributed by atoms with Crippen LogP contribution in [-0.4, -0.2) is 58.1 Å². The molecule has 2 aromatic rings. The number of carbonyl (C=O) groups is 1. The van der Waals surface area contributed by atoms with Crippen LogP contribution in [0.1, 0.15) is 39.0 Å². The van der Waals surface area contributed by atoms with Crippen molar-refractivity contribution in [3.63, 3.8) is 0 Å². The van der Waals surface area contributed by atoms with Crippen LogP contribution in [0, 0.1) is 0 Å². The summed E-state index contributed by atoms with van der Waals surface area (Å²) in [5.74, 6) is 1.38. The van der Waals surface area contributed by atoms with Crippen LogP contribution in [-0.2, 0) is 11.5 Å². The van der Waals surface area contributed by atoms with Crippen LogP contribution in [0.3, 0.4) is 0 Å². The van der Waals surface area contributed by atoms with Crippen LogP contribution in [0.4, 0.5) is 5.95 Å². The highest BCUT2D eigenvalue weighted by atomic mass is 16.2. The summed E-state index contributed by atoms with van der Waals surface area (Å²) in [6.45, 7) is 7.59. The Morgan fingerprint density at radius 3 is 2.73 bits per heavy atom. The number of para-hydroxylation sites is 2. The lowest BCUT2D eigenvalue weighted by Crippen LogP contribution is -2.46. The van der Waals surface area contributed by atoms with Gasteiger partial charge in [0.15, 0.2) is 0 Å². The highest BCUT2D eigenvalue weighted by molar-refractivity contribution is 5.79. The molecular weight excluding hydrogens is 326 g/mol. The number of likely N-dealkylation sites (tertiary alicyclic amines) is 1. The third-order valence-corrected chi connectivity index (χ3v) is 5.51. The Kier molecular flexibility index (Phi) is 5.11. The highest BCUT2D eigenvalue weighted by Gasteiger charge is 2.26. The number of unbranched alkanes of at least 4 members (excludes halogenated alkanes) is 1. The minimum absolute atomic E-state index is 0.309. The summed E-state index contributed by atoms with van der Waals surface area (Å²) in [6, 6.07) is 8.34. The number of fused-ring (bicyclic) bond motifs is 3. The first-order chi connectivity index (χ1) is 12.8. The Balaban J connectivity index is 1.50. The molecule has 0 N–H and O–H groups in total. The Morgan fingerprint density at radius 2 is 1.92 bits per heavy atom. The fourth-order valence-corrected chi connectivity index (χ4v) is 4.03. The predicted octanol–water partition coefficient (Wildman–Crippen LogP) is 2.89. The van der Waals surface area contributed by atoms with E-state index in [0.717, 1.165) is 70.2 Å². The van der Waals surface area contributed by atoms with Crippen molar-refractivity contribution in [3.05, 3.63) is 24.3 Å². The van der Waals surface area contributed by atoms with E-state index in [4.69, 9.17) is 4.98 Å². The number of nitrogens with zero attached hydrogens (tertiary/aromatic N) is 5. The number of benzene rings is 1. The van der Waals surface area contributed by atoms with Crippen molar-refractivity contribution in [1.82, 2.24) is 19.4 Å². The van der Waals surface area contributed by atoms with E-state index < -0.39 is 0 Å². The molecule has 0 atom stereocenters. The normalized spacial score (nSPS) is 17.9. The van der Waals surface area contributed by atoms with E-state index in [0.29, 0.717) is 12.3 Å². The zero-order valence-corrected chi connectivity index (χ0v) is 15.7. The summed E-state index contributed by atoms with van der Waals surface area (Å²) in [4.78, 5) is 24.1. The Morgan fingerprint density at radius 1 is 1.12 bits per heavy atom. The highest BCUT2D eigenvalue weighted by Crippen LogP contribution is 2.27. The molecule has 140 valence electrons. The van der Waals surface area contributed by atoms with Gasteiger partial charge in [-0.1, -0.05) is 25.5 Å². The maximum absolute atomic E-state index is 12.4. The van der Waals surface area contributed by atoms with Gasteiger partial charge in [0.1, 0.15) is 0 Å². The summed E-state index contributed by atoms with van der Waals surface area (Å²) in [7, 11) is 0. The Hall–Kier alpha value is -2.08. The maximum Gasteiger partial charge on any atom is 0.223 e. The van der Waals surface area contributed by atoms with Gasteiger partial charge in [0.25, 0.3) is 0 Å². The van der Waals surface area contributed by atoms with E-state index >= 15 is 0 Å². The van der Waals surface area contributed by atoms with Gasteiger partial charge in [-0.05, 0) is 31.4 Å². The van der Waals surface area contributed by atoms with Crippen LogP contribution in [0.25, 0.3) is 11.0 Å². The van der Waals surface area contributed by atoms with E-state index in [1.807, 2.05) is 11.0 Å². The van der Waals surface area contributed by atoms with Gasteiger partial charge in [-0.2, -0.15) is 0 Å². The van der Waals surface area contributed by atoms with Gasteiger partial charge in [0.05, 0.1) is 24.4 Å². The number of rotatable bonds is 6. The van der Waals surface area contributed by atoms with Gasteiger partial charge in [0, 0.05) is 32.6 Å². The van der Waals surface area contributed by atoms with Crippen molar-refractivity contribution < 1.29 is 4.79 Å². The molecule has 1 amide bonds. The number of hydrogen-bond acceptors (Lipinski definition) is 4. The lowest BCUT2D eigenvalue weighted by atomic mass is 10.3. The zero-order valence-electron chi connectivity index (χ0n) is 15.7. The Labute approximate surface area is 155 Å². The number of carbonyl (C=O) groups excluding carboxylic acids is 1. The summed E-state index contributed by atoms with van der Waals surface area (Å²) >= 11 is 0. The van der Waals surface area contributed by atoms with Crippen LogP contribution >= 0.6 is 0 Å². The van der Waals surface area contributed by atoms with Gasteiger partial charge in [0.2, 0.25) is 11.9 Å². The lowest BCUT2D eigenvalue weighted by Gasteiger charge is -2.37. The lowest BCUT2D eigenvalue weighted by molar-refractivity contribution is -0.130. The quantitative estimate of drug-likeness (QED) is 0.799. The fraction of sp³-hybridized carbons (Fsp3) is 0.600. The molecular formula is C20H29N5O. The van der Waals surface area contributed by atoms with E-state index in [-0.39, 0.29) is 0 Å². The third-order valence-electron chi connectivity index (χ3n) is 5.51. The monoisotopic (exact) mass is 355 g/mol. The summed E-state index contributed by atoms with van der Waals surface area (Å²) in [6.07, 6.45) is 5.26. The van der Waals surface area contributed by atoms with E-state index in [1.54, 1.807) is 0 Å². The summed E-state index contributed by atoms with van der Waals surface area (Å²) in [5.41, 5.74) is 2.23. The second kappa shape index (κ2) is 7.66. The van der Waals surface area contributed by atoms with Crippen LogP contribution in [0.15, 0.2) is 24.3 Å². The minimum Gasteiger partial charge on any atom is -0.343 e. The molecule has 0 saturated carbocycles. The molecule has 0 radical (unpaired) electrons. The second-order valence-electron chi connectivity index (χ2n) is 7.46. The largest absolute Gasteiger partial charge is 0.343 e. The summed E-state index contributed by atoms with van der Waals surface area (Å²) in [5, 5.41) is 0. The van der Waals surface area contributed by atoms with Crippen molar-refractivity contribution >= 4 is 22.9 Å². The van der Waals surface area contributed by atoms with Gasteiger partial charge in [-0.15, -0.1) is 0 Å². The third kappa shape index (κ3) is 3.43. The SMILES string of the molecule is CCCCN1CN(CCC(=O)N2CCCC2)Cn2c1nc1ccccc12. The van der Waals surface area contributed by atoms with Crippen LogP contribution in [0.5, 0.6) is 0 Å². The van der Waals surface area contributed by atoms with Crippen molar-refractivity contribution in [3.8, 4) is 0 Å². The average Bonchev–Trinajstić information content (AvgIpc) is 3.32. The Bertz CT molecular complexity index is 765. The minimum atomic E-state index is 0.309. The fourth-order valence-electron chi connectivity index (χ4n) is 4.03. The first kappa shape index (κ1) is 17.3. The molecule has 0 bridgehead atoms. The maximum atomic E-state index is 12.4. The molecule has 0 aliphatic carbocycles. The number of aromatic nitrogens is 2. The van der Waals surface area contributed by atoms with Gasteiger partial charge < -0.3 is 9.80 Å².